The highest BCUT2D eigenvalue weighted by Crippen LogP contribution is 2.35. The van der Waals surface area contributed by atoms with Gasteiger partial charge in [-0.15, -0.1) is 0 Å². The van der Waals surface area contributed by atoms with Gasteiger partial charge in [-0.25, -0.2) is 0 Å². The summed E-state index contributed by atoms with van der Waals surface area (Å²) in [5.74, 6) is 0. The first-order chi connectivity index (χ1) is 8.08. The van der Waals surface area contributed by atoms with Crippen molar-refractivity contribution in [2.75, 3.05) is 0 Å². The topological polar surface area (TPSA) is 24.9 Å². The summed E-state index contributed by atoms with van der Waals surface area (Å²) in [6.45, 7) is 7.75. The van der Waals surface area contributed by atoms with Gasteiger partial charge in [0.2, 0.25) is 0 Å². The second-order valence-corrected chi connectivity index (χ2v) is 5.98. The zero-order valence-corrected chi connectivity index (χ0v) is 11.3. The summed E-state index contributed by atoms with van der Waals surface area (Å²) in [6, 6.07) is 4.91. The minimum absolute atomic E-state index is 0.441. The van der Waals surface area contributed by atoms with Gasteiger partial charge in [0.25, 0.3) is 0 Å². The SMILES string of the molecule is Cc1ccc(CNC2CCCCC2(C)C)cn1. The highest BCUT2D eigenvalue weighted by Gasteiger charge is 2.31. The molecule has 0 saturated heterocycles. The second-order valence-electron chi connectivity index (χ2n) is 5.98. The van der Waals surface area contributed by atoms with Crippen molar-refractivity contribution in [3.63, 3.8) is 0 Å². The lowest BCUT2D eigenvalue weighted by molar-refractivity contribution is 0.166. The van der Waals surface area contributed by atoms with Crippen LogP contribution in [-0.2, 0) is 6.54 Å². The molecule has 0 spiro atoms. The third-order valence-electron chi connectivity index (χ3n) is 4.03. The maximum Gasteiger partial charge on any atom is 0.0372 e. The van der Waals surface area contributed by atoms with Gasteiger partial charge >= 0.3 is 0 Å². The molecule has 1 aromatic heterocycles. The third kappa shape index (κ3) is 3.29. The summed E-state index contributed by atoms with van der Waals surface area (Å²) in [7, 11) is 0. The van der Waals surface area contributed by atoms with Crippen LogP contribution in [0.1, 0.15) is 50.8 Å². The Morgan fingerprint density at radius 3 is 2.82 bits per heavy atom. The molecule has 1 aromatic rings. The fraction of sp³-hybridized carbons (Fsp3) is 0.667. The lowest BCUT2D eigenvalue weighted by Gasteiger charge is -2.39. The number of rotatable bonds is 3. The molecule has 2 heteroatoms. The number of aromatic nitrogens is 1. The monoisotopic (exact) mass is 232 g/mol. The Balaban J connectivity index is 1.91. The number of aryl methyl sites for hydroxylation is 1. The van der Waals surface area contributed by atoms with Crippen LogP contribution in [0.25, 0.3) is 0 Å². The molecule has 1 saturated carbocycles. The number of nitrogens with one attached hydrogen (secondary N) is 1. The van der Waals surface area contributed by atoms with E-state index in [1.807, 2.05) is 13.1 Å². The van der Waals surface area contributed by atoms with E-state index in [1.54, 1.807) is 0 Å². The van der Waals surface area contributed by atoms with E-state index >= 15 is 0 Å². The summed E-state index contributed by atoms with van der Waals surface area (Å²) in [6.07, 6.45) is 7.39. The van der Waals surface area contributed by atoms with E-state index in [-0.39, 0.29) is 0 Å². The first-order valence-corrected chi connectivity index (χ1v) is 6.73. The van der Waals surface area contributed by atoms with E-state index in [1.165, 1.54) is 31.2 Å². The standard InChI is InChI=1S/C15H24N2/c1-12-7-8-13(10-16-12)11-17-14-6-4-5-9-15(14,2)3/h7-8,10,14,17H,4-6,9,11H2,1-3H3. The number of nitrogens with zero attached hydrogens (tertiary/aromatic N) is 1. The molecule has 1 aliphatic rings. The van der Waals surface area contributed by atoms with Crippen molar-refractivity contribution in [3.05, 3.63) is 29.6 Å². The van der Waals surface area contributed by atoms with Gasteiger partial charge in [-0.3, -0.25) is 4.98 Å². The molecular weight excluding hydrogens is 208 g/mol. The zero-order chi connectivity index (χ0) is 12.3. The number of hydrogen-bond acceptors (Lipinski definition) is 2. The molecule has 2 rings (SSSR count). The molecule has 1 aliphatic carbocycles. The van der Waals surface area contributed by atoms with Crippen LogP contribution in [0.2, 0.25) is 0 Å². The molecular formula is C15H24N2. The van der Waals surface area contributed by atoms with Crippen LogP contribution in [-0.4, -0.2) is 11.0 Å². The summed E-state index contributed by atoms with van der Waals surface area (Å²) >= 11 is 0. The Kier molecular flexibility index (Phi) is 3.82. The Morgan fingerprint density at radius 1 is 1.35 bits per heavy atom. The molecule has 2 nitrogen and oxygen atoms in total. The molecule has 1 N–H and O–H groups in total. The van der Waals surface area contributed by atoms with E-state index in [2.05, 4.69) is 36.3 Å². The molecule has 94 valence electrons. The third-order valence-corrected chi connectivity index (χ3v) is 4.03. The Morgan fingerprint density at radius 2 is 2.18 bits per heavy atom. The second kappa shape index (κ2) is 5.18. The summed E-state index contributed by atoms with van der Waals surface area (Å²) < 4.78 is 0. The first kappa shape index (κ1) is 12.6. The predicted molar refractivity (Wildman–Crippen MR) is 71.9 cm³/mol. The van der Waals surface area contributed by atoms with Gasteiger partial charge in [0.05, 0.1) is 0 Å². The fourth-order valence-corrected chi connectivity index (χ4v) is 2.72. The Hall–Kier alpha value is -0.890. The molecule has 1 heterocycles. The fourth-order valence-electron chi connectivity index (χ4n) is 2.72. The van der Waals surface area contributed by atoms with E-state index < -0.39 is 0 Å². The van der Waals surface area contributed by atoms with E-state index in [4.69, 9.17) is 0 Å². The first-order valence-electron chi connectivity index (χ1n) is 6.73. The van der Waals surface area contributed by atoms with Crippen molar-refractivity contribution in [1.82, 2.24) is 10.3 Å². The van der Waals surface area contributed by atoms with Crippen LogP contribution >= 0.6 is 0 Å². The quantitative estimate of drug-likeness (QED) is 0.863. The van der Waals surface area contributed by atoms with Crippen LogP contribution in [0.15, 0.2) is 18.3 Å². The zero-order valence-electron chi connectivity index (χ0n) is 11.3. The van der Waals surface area contributed by atoms with Crippen molar-refractivity contribution in [2.24, 2.45) is 5.41 Å². The van der Waals surface area contributed by atoms with E-state index in [9.17, 15) is 0 Å². The predicted octanol–water partition coefficient (Wildman–Crippen LogP) is 3.45. The van der Waals surface area contributed by atoms with E-state index in [0.717, 1.165) is 12.2 Å². The summed E-state index contributed by atoms with van der Waals surface area (Å²) in [4.78, 5) is 4.34. The molecule has 0 aliphatic heterocycles. The van der Waals surface area contributed by atoms with Gasteiger partial charge in [0.15, 0.2) is 0 Å². The molecule has 0 radical (unpaired) electrons. The van der Waals surface area contributed by atoms with Crippen LogP contribution in [0.5, 0.6) is 0 Å². The van der Waals surface area contributed by atoms with Gasteiger partial charge in [-0.2, -0.15) is 0 Å². The maximum absolute atomic E-state index is 4.34. The van der Waals surface area contributed by atoms with Gasteiger partial charge in [-0.05, 0) is 36.8 Å². The van der Waals surface area contributed by atoms with Crippen molar-refractivity contribution < 1.29 is 0 Å². The maximum atomic E-state index is 4.34. The molecule has 0 amide bonds. The molecule has 17 heavy (non-hydrogen) atoms. The van der Waals surface area contributed by atoms with Crippen LogP contribution in [0.4, 0.5) is 0 Å². The highest BCUT2D eigenvalue weighted by atomic mass is 14.9. The number of hydrogen-bond donors (Lipinski definition) is 1. The Bertz CT molecular complexity index is 354. The Labute approximate surface area is 105 Å². The smallest absolute Gasteiger partial charge is 0.0372 e. The molecule has 1 atom stereocenters. The largest absolute Gasteiger partial charge is 0.309 e. The molecule has 0 aromatic carbocycles. The minimum Gasteiger partial charge on any atom is -0.309 e. The molecule has 1 unspecified atom stereocenters. The molecule has 1 fully saturated rings. The normalized spacial score (nSPS) is 23.6. The average molecular weight is 232 g/mol. The van der Waals surface area contributed by atoms with Gasteiger partial charge in [0.1, 0.15) is 0 Å². The van der Waals surface area contributed by atoms with Crippen molar-refractivity contribution >= 4 is 0 Å². The minimum atomic E-state index is 0.441. The summed E-state index contributed by atoms with van der Waals surface area (Å²) in [5.41, 5.74) is 2.82. The van der Waals surface area contributed by atoms with Gasteiger partial charge in [0, 0.05) is 24.5 Å². The van der Waals surface area contributed by atoms with Crippen LogP contribution in [0, 0.1) is 12.3 Å². The van der Waals surface area contributed by atoms with Crippen LogP contribution in [0.3, 0.4) is 0 Å². The lowest BCUT2D eigenvalue weighted by Crippen LogP contribution is -2.43. The summed E-state index contributed by atoms with van der Waals surface area (Å²) in [5, 5.41) is 3.71. The van der Waals surface area contributed by atoms with Crippen molar-refractivity contribution in [1.29, 1.82) is 0 Å². The lowest BCUT2D eigenvalue weighted by atomic mass is 9.73. The average Bonchev–Trinajstić information content (AvgIpc) is 2.29. The molecule has 0 bridgehead atoms. The van der Waals surface area contributed by atoms with E-state index in [0.29, 0.717) is 11.5 Å². The van der Waals surface area contributed by atoms with Gasteiger partial charge < -0.3 is 5.32 Å². The number of pyridine rings is 1. The van der Waals surface area contributed by atoms with Gasteiger partial charge in [-0.1, -0.05) is 32.8 Å². The van der Waals surface area contributed by atoms with Crippen LogP contribution < -0.4 is 5.32 Å². The van der Waals surface area contributed by atoms with Crippen molar-refractivity contribution in [3.8, 4) is 0 Å². The van der Waals surface area contributed by atoms with Crippen molar-refractivity contribution in [2.45, 2.75) is 59.0 Å². The highest BCUT2D eigenvalue weighted by molar-refractivity contribution is 5.13.